The fraction of sp³-hybridized carbons (Fsp3) is 0.714. The Morgan fingerprint density at radius 3 is 1.48 bits per heavy atom. The standard InChI is InChI=1S/C21H36O4/c1-16(2)20(22)10-8-18(5)14-24-12-7-13-25-15-19(6)9-11-21(23)17(3)4/h18-19H,1,3,7-15H2,2,4-6H3. The van der Waals surface area contributed by atoms with Crippen LogP contribution in [0.2, 0.25) is 0 Å². The molecule has 0 heterocycles. The third-order valence-corrected chi connectivity index (χ3v) is 4.06. The van der Waals surface area contributed by atoms with Gasteiger partial charge < -0.3 is 9.47 Å². The van der Waals surface area contributed by atoms with E-state index in [0.717, 1.165) is 19.3 Å². The summed E-state index contributed by atoms with van der Waals surface area (Å²) in [6.07, 6.45) is 3.63. The predicted octanol–water partition coefficient (Wildman–Crippen LogP) is 4.53. The molecule has 0 rings (SSSR count). The van der Waals surface area contributed by atoms with Crippen LogP contribution < -0.4 is 0 Å². The van der Waals surface area contributed by atoms with Crippen LogP contribution in [0.3, 0.4) is 0 Å². The fourth-order valence-corrected chi connectivity index (χ4v) is 2.18. The Balaban J connectivity index is 3.51. The summed E-state index contributed by atoms with van der Waals surface area (Å²) in [7, 11) is 0. The van der Waals surface area contributed by atoms with Crippen LogP contribution in [0.1, 0.15) is 59.8 Å². The van der Waals surface area contributed by atoms with Gasteiger partial charge >= 0.3 is 0 Å². The van der Waals surface area contributed by atoms with Crippen LogP contribution in [-0.2, 0) is 19.1 Å². The Labute approximate surface area is 153 Å². The average Bonchev–Trinajstić information content (AvgIpc) is 2.56. The van der Waals surface area contributed by atoms with Crippen LogP contribution >= 0.6 is 0 Å². The summed E-state index contributed by atoms with van der Waals surface area (Å²) in [5.74, 6) is 1.02. The summed E-state index contributed by atoms with van der Waals surface area (Å²) in [6, 6.07) is 0. The highest BCUT2D eigenvalue weighted by molar-refractivity contribution is 5.94. The number of allylic oxidation sites excluding steroid dienone is 2. The van der Waals surface area contributed by atoms with Gasteiger partial charge in [-0.2, -0.15) is 0 Å². The highest BCUT2D eigenvalue weighted by atomic mass is 16.5. The van der Waals surface area contributed by atoms with Crippen molar-refractivity contribution in [3.05, 3.63) is 24.3 Å². The Bertz CT molecular complexity index is 399. The van der Waals surface area contributed by atoms with Crippen molar-refractivity contribution in [1.29, 1.82) is 0 Å². The zero-order valence-electron chi connectivity index (χ0n) is 16.6. The highest BCUT2D eigenvalue weighted by Gasteiger charge is 2.09. The molecule has 2 atom stereocenters. The normalized spacial score (nSPS) is 13.3. The molecule has 0 aromatic rings. The predicted molar refractivity (Wildman–Crippen MR) is 103 cm³/mol. The van der Waals surface area contributed by atoms with Gasteiger partial charge in [0.1, 0.15) is 0 Å². The first-order valence-electron chi connectivity index (χ1n) is 9.26. The van der Waals surface area contributed by atoms with Gasteiger partial charge in [0.05, 0.1) is 0 Å². The van der Waals surface area contributed by atoms with E-state index in [2.05, 4.69) is 27.0 Å². The van der Waals surface area contributed by atoms with Crippen molar-refractivity contribution < 1.29 is 19.1 Å². The smallest absolute Gasteiger partial charge is 0.157 e. The molecule has 0 bridgehead atoms. The molecule has 25 heavy (non-hydrogen) atoms. The van der Waals surface area contributed by atoms with Gasteiger partial charge in [-0.15, -0.1) is 0 Å². The summed E-state index contributed by atoms with van der Waals surface area (Å²) in [6.45, 7) is 17.7. The molecule has 0 aromatic heterocycles. The summed E-state index contributed by atoms with van der Waals surface area (Å²) in [4.78, 5) is 23.0. The second-order valence-electron chi connectivity index (χ2n) is 7.20. The molecule has 4 nitrogen and oxygen atoms in total. The molecule has 0 N–H and O–H groups in total. The van der Waals surface area contributed by atoms with Gasteiger partial charge in [0.15, 0.2) is 11.6 Å². The van der Waals surface area contributed by atoms with Crippen LogP contribution in [0, 0.1) is 11.8 Å². The first kappa shape index (κ1) is 23.7. The minimum Gasteiger partial charge on any atom is -0.381 e. The number of ether oxygens (including phenoxy) is 2. The van der Waals surface area contributed by atoms with Gasteiger partial charge in [-0.3, -0.25) is 9.59 Å². The summed E-state index contributed by atoms with van der Waals surface area (Å²) in [5, 5.41) is 0. The first-order chi connectivity index (χ1) is 11.7. The number of hydrogen-bond donors (Lipinski definition) is 0. The van der Waals surface area contributed by atoms with E-state index in [4.69, 9.17) is 9.47 Å². The van der Waals surface area contributed by atoms with E-state index in [0.29, 0.717) is 62.3 Å². The van der Waals surface area contributed by atoms with E-state index >= 15 is 0 Å². The number of hydrogen-bond acceptors (Lipinski definition) is 4. The Kier molecular flexibility index (Phi) is 13.3. The molecule has 0 amide bonds. The Hall–Kier alpha value is -1.26. The van der Waals surface area contributed by atoms with Crippen LogP contribution in [0.4, 0.5) is 0 Å². The van der Waals surface area contributed by atoms with Crippen molar-refractivity contribution in [2.45, 2.75) is 59.8 Å². The quantitative estimate of drug-likeness (QED) is 0.302. The van der Waals surface area contributed by atoms with Gasteiger partial charge in [-0.05, 0) is 56.1 Å². The van der Waals surface area contributed by atoms with E-state index in [1.807, 2.05) is 0 Å². The molecule has 0 aliphatic heterocycles. The lowest BCUT2D eigenvalue weighted by Gasteiger charge is -2.13. The van der Waals surface area contributed by atoms with Gasteiger partial charge in [0.2, 0.25) is 0 Å². The van der Waals surface area contributed by atoms with Gasteiger partial charge in [0.25, 0.3) is 0 Å². The lowest BCUT2D eigenvalue weighted by molar-refractivity contribution is -0.116. The Morgan fingerprint density at radius 2 is 1.16 bits per heavy atom. The lowest BCUT2D eigenvalue weighted by atomic mass is 10.0. The molecule has 0 spiro atoms. The molecule has 2 unspecified atom stereocenters. The SMILES string of the molecule is C=C(C)C(=O)CCC(C)COCCCOCC(C)CCC(=O)C(=C)C. The van der Waals surface area contributed by atoms with Crippen LogP contribution in [0.25, 0.3) is 0 Å². The minimum atomic E-state index is 0.138. The van der Waals surface area contributed by atoms with Gasteiger partial charge in [0, 0.05) is 39.3 Å². The third kappa shape index (κ3) is 13.7. The van der Waals surface area contributed by atoms with Gasteiger partial charge in [-0.1, -0.05) is 27.0 Å². The Morgan fingerprint density at radius 1 is 0.800 bits per heavy atom. The number of rotatable bonds is 16. The second-order valence-corrected chi connectivity index (χ2v) is 7.20. The zero-order valence-corrected chi connectivity index (χ0v) is 16.6. The van der Waals surface area contributed by atoms with Crippen LogP contribution in [0.15, 0.2) is 24.3 Å². The molecular formula is C21H36O4. The molecule has 0 aliphatic rings. The van der Waals surface area contributed by atoms with Crippen molar-refractivity contribution >= 4 is 11.6 Å². The molecule has 0 fully saturated rings. The third-order valence-electron chi connectivity index (χ3n) is 4.06. The monoisotopic (exact) mass is 352 g/mol. The molecule has 0 saturated carbocycles. The highest BCUT2D eigenvalue weighted by Crippen LogP contribution is 2.10. The molecule has 0 radical (unpaired) electrons. The summed E-state index contributed by atoms with van der Waals surface area (Å²) >= 11 is 0. The minimum absolute atomic E-state index is 0.138. The van der Waals surface area contributed by atoms with E-state index in [-0.39, 0.29) is 11.6 Å². The first-order valence-corrected chi connectivity index (χ1v) is 9.26. The topological polar surface area (TPSA) is 52.6 Å². The maximum absolute atomic E-state index is 11.5. The maximum atomic E-state index is 11.5. The number of Topliss-reactive ketones (excluding diaryl/α,β-unsaturated/α-hetero) is 2. The average molecular weight is 353 g/mol. The molecule has 0 aliphatic carbocycles. The number of carbonyl (C=O) groups is 2. The van der Waals surface area contributed by atoms with E-state index in [1.165, 1.54) is 0 Å². The van der Waals surface area contributed by atoms with Crippen LogP contribution in [0.5, 0.6) is 0 Å². The molecule has 0 aromatic carbocycles. The van der Waals surface area contributed by atoms with E-state index in [1.54, 1.807) is 13.8 Å². The molecular weight excluding hydrogens is 316 g/mol. The van der Waals surface area contributed by atoms with Crippen molar-refractivity contribution in [3.63, 3.8) is 0 Å². The largest absolute Gasteiger partial charge is 0.381 e. The number of ketones is 2. The maximum Gasteiger partial charge on any atom is 0.157 e. The van der Waals surface area contributed by atoms with Gasteiger partial charge in [-0.25, -0.2) is 0 Å². The lowest BCUT2D eigenvalue weighted by Crippen LogP contribution is -2.12. The molecule has 4 heteroatoms. The van der Waals surface area contributed by atoms with Crippen molar-refractivity contribution in [1.82, 2.24) is 0 Å². The van der Waals surface area contributed by atoms with E-state index < -0.39 is 0 Å². The second kappa shape index (κ2) is 14.0. The van der Waals surface area contributed by atoms with E-state index in [9.17, 15) is 9.59 Å². The zero-order chi connectivity index (χ0) is 19.2. The number of carbonyl (C=O) groups excluding carboxylic acids is 2. The van der Waals surface area contributed by atoms with Crippen molar-refractivity contribution in [3.8, 4) is 0 Å². The summed E-state index contributed by atoms with van der Waals surface area (Å²) in [5.41, 5.74) is 1.26. The summed E-state index contributed by atoms with van der Waals surface area (Å²) < 4.78 is 11.3. The van der Waals surface area contributed by atoms with Crippen molar-refractivity contribution in [2.75, 3.05) is 26.4 Å². The molecule has 144 valence electrons. The van der Waals surface area contributed by atoms with Crippen molar-refractivity contribution in [2.24, 2.45) is 11.8 Å². The van der Waals surface area contributed by atoms with Crippen LogP contribution in [-0.4, -0.2) is 38.0 Å². The molecule has 0 saturated heterocycles. The fourth-order valence-electron chi connectivity index (χ4n) is 2.18.